The van der Waals surface area contributed by atoms with Crippen molar-refractivity contribution in [3.63, 3.8) is 0 Å². The highest BCUT2D eigenvalue weighted by molar-refractivity contribution is 9.10. The van der Waals surface area contributed by atoms with Crippen LogP contribution in [-0.4, -0.2) is 9.97 Å². The van der Waals surface area contributed by atoms with Crippen LogP contribution in [0.2, 0.25) is 0 Å². The number of aromatic nitrogens is 2. The topological polar surface area (TPSA) is 25.8 Å². The van der Waals surface area contributed by atoms with Crippen molar-refractivity contribution >= 4 is 31.9 Å². The molecule has 0 N–H and O–H groups in total. The van der Waals surface area contributed by atoms with E-state index in [0.717, 1.165) is 31.5 Å². The van der Waals surface area contributed by atoms with Gasteiger partial charge in [0.15, 0.2) is 0 Å². The van der Waals surface area contributed by atoms with Gasteiger partial charge in [-0.05, 0) is 66.2 Å². The molecule has 0 saturated carbocycles. The Morgan fingerprint density at radius 1 is 0.385 bits per heavy atom. The molecule has 0 saturated heterocycles. The van der Waals surface area contributed by atoms with Crippen LogP contribution in [0.25, 0.3) is 33.4 Å². The van der Waals surface area contributed by atoms with Crippen LogP contribution in [0, 0.1) is 0 Å². The highest BCUT2D eigenvalue weighted by Gasteiger charge is 2.03. The summed E-state index contributed by atoms with van der Waals surface area (Å²) < 4.78 is 1.69. The molecule has 2 aromatic carbocycles. The van der Waals surface area contributed by atoms with Crippen LogP contribution in [0.4, 0.5) is 0 Å². The van der Waals surface area contributed by atoms with E-state index in [2.05, 4.69) is 102 Å². The van der Waals surface area contributed by atoms with Crippen molar-refractivity contribution in [2.24, 2.45) is 0 Å². The molecule has 0 atom stereocenters. The van der Waals surface area contributed by atoms with Gasteiger partial charge in [-0.25, -0.2) is 9.97 Å². The first-order valence-electron chi connectivity index (χ1n) is 8.13. The van der Waals surface area contributed by atoms with E-state index < -0.39 is 0 Å². The first kappa shape index (κ1) is 17.1. The minimum absolute atomic E-state index is 0.846. The summed E-state index contributed by atoms with van der Waals surface area (Å²) in [5.41, 5.74) is 6.92. The average molecular weight is 466 g/mol. The molecular weight excluding hydrogens is 452 g/mol. The summed E-state index contributed by atoms with van der Waals surface area (Å²) in [5.74, 6) is 0. The van der Waals surface area contributed by atoms with Gasteiger partial charge >= 0.3 is 0 Å². The summed E-state index contributed by atoms with van der Waals surface area (Å²) in [6, 6.07) is 25.2. The van der Waals surface area contributed by atoms with E-state index in [-0.39, 0.29) is 0 Å². The fraction of sp³-hybridized carbons (Fsp3) is 0. The van der Waals surface area contributed by atoms with Crippen LogP contribution < -0.4 is 0 Å². The van der Waals surface area contributed by atoms with Crippen molar-refractivity contribution in [1.82, 2.24) is 9.97 Å². The van der Waals surface area contributed by atoms with E-state index in [1.165, 1.54) is 11.1 Å². The molecule has 0 bridgehead atoms. The molecule has 0 aliphatic carbocycles. The van der Waals surface area contributed by atoms with Gasteiger partial charge in [-0.2, -0.15) is 0 Å². The molecule has 2 aromatic heterocycles. The Bertz CT molecular complexity index is 921. The van der Waals surface area contributed by atoms with E-state index in [9.17, 15) is 0 Å². The van der Waals surface area contributed by atoms with Crippen molar-refractivity contribution in [2.75, 3.05) is 0 Å². The summed E-state index contributed by atoms with van der Waals surface area (Å²) in [4.78, 5) is 8.58. The molecule has 4 aromatic rings. The predicted molar refractivity (Wildman–Crippen MR) is 114 cm³/mol. The fourth-order valence-electron chi connectivity index (χ4n) is 2.80. The third kappa shape index (κ3) is 3.76. The van der Waals surface area contributed by atoms with Crippen LogP contribution >= 0.6 is 31.9 Å². The zero-order valence-corrected chi connectivity index (χ0v) is 16.9. The van der Waals surface area contributed by atoms with Crippen LogP contribution in [0.5, 0.6) is 0 Å². The van der Waals surface area contributed by atoms with Crippen LogP contribution in [0.15, 0.2) is 94.4 Å². The molecular formula is C22H14Br2N2. The highest BCUT2D eigenvalue weighted by Crippen LogP contribution is 2.27. The smallest absolute Gasteiger partial charge is 0.106 e. The second-order valence-corrected chi connectivity index (χ2v) is 7.52. The number of pyridine rings is 2. The normalized spacial score (nSPS) is 10.7. The summed E-state index contributed by atoms with van der Waals surface area (Å²) in [7, 11) is 0. The van der Waals surface area contributed by atoms with Gasteiger partial charge in [0.1, 0.15) is 9.21 Å². The monoisotopic (exact) mass is 464 g/mol. The maximum atomic E-state index is 4.29. The highest BCUT2D eigenvalue weighted by atomic mass is 79.9. The molecule has 4 rings (SSSR count). The van der Waals surface area contributed by atoms with Gasteiger partial charge in [-0.1, -0.05) is 60.7 Å². The van der Waals surface area contributed by atoms with Crippen molar-refractivity contribution < 1.29 is 0 Å². The van der Waals surface area contributed by atoms with E-state index in [1.54, 1.807) is 0 Å². The van der Waals surface area contributed by atoms with Crippen LogP contribution in [0.1, 0.15) is 0 Å². The van der Waals surface area contributed by atoms with Crippen molar-refractivity contribution in [3.05, 3.63) is 94.4 Å². The van der Waals surface area contributed by atoms with Crippen molar-refractivity contribution in [3.8, 4) is 33.4 Å². The minimum atomic E-state index is 0.846. The molecule has 0 amide bonds. The second-order valence-electron chi connectivity index (χ2n) is 5.89. The van der Waals surface area contributed by atoms with Gasteiger partial charge in [-0.3, -0.25) is 0 Å². The first-order chi connectivity index (χ1) is 12.7. The number of halogens is 2. The Morgan fingerprint density at radius 2 is 0.654 bits per heavy atom. The van der Waals surface area contributed by atoms with E-state index in [0.29, 0.717) is 0 Å². The molecule has 0 spiro atoms. The minimum Gasteiger partial charge on any atom is -0.249 e. The van der Waals surface area contributed by atoms with Crippen LogP contribution in [0.3, 0.4) is 0 Å². The van der Waals surface area contributed by atoms with Crippen LogP contribution in [-0.2, 0) is 0 Å². The maximum Gasteiger partial charge on any atom is 0.106 e. The molecule has 2 nitrogen and oxygen atoms in total. The fourth-order valence-corrected chi connectivity index (χ4v) is 3.27. The standard InChI is InChI=1S/C22H14Br2N2/c23-21-11-9-19(13-25-21)17-5-1-15(2-6-17)16-3-7-18(8-4-16)20-10-12-22(24)26-14-20/h1-14H. The van der Waals surface area contributed by atoms with Gasteiger partial charge in [0.05, 0.1) is 0 Å². The quantitative estimate of drug-likeness (QED) is 0.304. The number of hydrogen-bond acceptors (Lipinski definition) is 2. The van der Waals surface area contributed by atoms with E-state index >= 15 is 0 Å². The van der Waals surface area contributed by atoms with Crippen molar-refractivity contribution in [2.45, 2.75) is 0 Å². The zero-order chi connectivity index (χ0) is 17.9. The summed E-state index contributed by atoms with van der Waals surface area (Å²) in [5, 5.41) is 0. The number of hydrogen-bond donors (Lipinski definition) is 0. The van der Waals surface area contributed by atoms with Crippen molar-refractivity contribution in [1.29, 1.82) is 0 Å². The Labute approximate surface area is 169 Å². The number of nitrogens with zero attached hydrogens (tertiary/aromatic N) is 2. The molecule has 4 heteroatoms. The third-order valence-electron chi connectivity index (χ3n) is 4.22. The second kappa shape index (κ2) is 7.52. The zero-order valence-electron chi connectivity index (χ0n) is 13.7. The number of rotatable bonds is 3. The maximum absolute atomic E-state index is 4.29. The largest absolute Gasteiger partial charge is 0.249 e. The summed E-state index contributed by atoms with van der Waals surface area (Å²) in [6.07, 6.45) is 3.75. The molecule has 0 fully saturated rings. The van der Waals surface area contributed by atoms with Gasteiger partial charge in [0.25, 0.3) is 0 Å². The summed E-state index contributed by atoms with van der Waals surface area (Å²) >= 11 is 6.74. The Kier molecular flexibility index (Phi) is 4.96. The van der Waals surface area contributed by atoms with Gasteiger partial charge in [-0.15, -0.1) is 0 Å². The lowest BCUT2D eigenvalue weighted by atomic mass is 9.99. The van der Waals surface area contributed by atoms with E-state index in [1.807, 2.05) is 24.5 Å². The van der Waals surface area contributed by atoms with Gasteiger partial charge in [0.2, 0.25) is 0 Å². The SMILES string of the molecule is Brc1ccc(-c2ccc(-c3ccc(-c4ccc(Br)nc4)cc3)cc2)cn1. The lowest BCUT2D eigenvalue weighted by molar-refractivity contribution is 1.28. The molecule has 126 valence electrons. The molecule has 0 radical (unpaired) electrons. The molecule has 0 aliphatic rings. The Morgan fingerprint density at radius 3 is 0.923 bits per heavy atom. The average Bonchev–Trinajstić information content (AvgIpc) is 2.70. The molecule has 2 heterocycles. The van der Waals surface area contributed by atoms with Gasteiger partial charge < -0.3 is 0 Å². The lowest BCUT2D eigenvalue weighted by Crippen LogP contribution is -1.84. The predicted octanol–water partition coefficient (Wildman–Crippen LogP) is 7.00. The van der Waals surface area contributed by atoms with E-state index in [4.69, 9.17) is 0 Å². The Hall–Kier alpha value is -2.30. The lowest BCUT2D eigenvalue weighted by Gasteiger charge is -2.07. The first-order valence-corrected chi connectivity index (χ1v) is 9.72. The third-order valence-corrected chi connectivity index (χ3v) is 5.16. The van der Waals surface area contributed by atoms with Gasteiger partial charge in [0, 0.05) is 23.5 Å². The number of benzene rings is 2. The summed E-state index contributed by atoms with van der Waals surface area (Å²) in [6.45, 7) is 0. The Balaban J connectivity index is 1.57. The molecule has 0 unspecified atom stereocenters. The molecule has 26 heavy (non-hydrogen) atoms. The molecule has 0 aliphatic heterocycles.